The molecule has 1 aromatic heterocycles. The number of hydrogen-bond donors (Lipinski definition) is 2. The number of aromatic nitrogens is 3. The molecule has 1 amide bonds. The van der Waals surface area contributed by atoms with Crippen LogP contribution in [0.15, 0.2) is 6.20 Å². The van der Waals surface area contributed by atoms with Crippen molar-refractivity contribution in [3.8, 4) is 0 Å². The molecule has 6 nitrogen and oxygen atoms in total. The highest BCUT2D eigenvalue weighted by atomic mass is 16.3. The number of aliphatic hydroxyl groups is 1. The van der Waals surface area contributed by atoms with Gasteiger partial charge in [-0.05, 0) is 12.8 Å². The van der Waals surface area contributed by atoms with Crippen LogP contribution in [-0.2, 0) is 17.9 Å². The van der Waals surface area contributed by atoms with Crippen LogP contribution in [0.1, 0.15) is 18.5 Å². The van der Waals surface area contributed by atoms with Crippen LogP contribution in [0.25, 0.3) is 0 Å². The predicted molar refractivity (Wildman–Crippen MR) is 47.1 cm³/mol. The maximum absolute atomic E-state index is 11.3. The minimum atomic E-state index is -0.149. The van der Waals surface area contributed by atoms with Gasteiger partial charge in [0.1, 0.15) is 12.2 Å². The number of carbonyl (C=O) groups is 1. The average Bonchev–Trinajstić information content (AvgIpc) is 2.83. The fourth-order valence-corrected chi connectivity index (χ4v) is 1.14. The highest BCUT2D eigenvalue weighted by molar-refractivity contribution is 5.76. The van der Waals surface area contributed by atoms with E-state index in [4.69, 9.17) is 5.11 Å². The minimum absolute atomic E-state index is 0.0538. The van der Waals surface area contributed by atoms with Crippen molar-refractivity contribution in [1.29, 1.82) is 0 Å². The number of hydrogen-bond acceptors (Lipinski definition) is 4. The van der Waals surface area contributed by atoms with Gasteiger partial charge >= 0.3 is 0 Å². The molecule has 0 atom stereocenters. The summed E-state index contributed by atoms with van der Waals surface area (Å²) in [4.78, 5) is 11.3. The smallest absolute Gasteiger partial charge is 0.242 e. The van der Waals surface area contributed by atoms with E-state index in [1.807, 2.05) is 0 Å². The molecule has 14 heavy (non-hydrogen) atoms. The van der Waals surface area contributed by atoms with E-state index < -0.39 is 0 Å². The molecule has 1 heterocycles. The molecule has 1 fully saturated rings. The van der Waals surface area contributed by atoms with E-state index in [1.54, 1.807) is 6.20 Å². The van der Waals surface area contributed by atoms with Crippen LogP contribution >= 0.6 is 0 Å². The zero-order valence-electron chi connectivity index (χ0n) is 7.68. The summed E-state index contributed by atoms with van der Waals surface area (Å²) < 4.78 is 1.42. The van der Waals surface area contributed by atoms with E-state index in [0.29, 0.717) is 11.7 Å². The molecule has 1 aliphatic carbocycles. The maximum Gasteiger partial charge on any atom is 0.242 e. The lowest BCUT2D eigenvalue weighted by Crippen LogP contribution is -2.29. The Labute approximate surface area is 80.9 Å². The summed E-state index contributed by atoms with van der Waals surface area (Å²) in [5.41, 5.74) is 0.476. The number of rotatable bonds is 4. The molecule has 76 valence electrons. The second-order valence-corrected chi connectivity index (χ2v) is 3.41. The molecule has 0 bridgehead atoms. The van der Waals surface area contributed by atoms with Gasteiger partial charge < -0.3 is 10.4 Å². The van der Waals surface area contributed by atoms with Crippen LogP contribution in [0.2, 0.25) is 0 Å². The van der Waals surface area contributed by atoms with Crippen molar-refractivity contribution in [2.45, 2.75) is 32.0 Å². The first-order chi connectivity index (χ1) is 6.78. The first-order valence-corrected chi connectivity index (χ1v) is 4.57. The molecular formula is C8H12N4O2. The zero-order valence-corrected chi connectivity index (χ0v) is 7.68. The van der Waals surface area contributed by atoms with Crippen LogP contribution in [0.3, 0.4) is 0 Å². The van der Waals surface area contributed by atoms with E-state index in [0.717, 1.165) is 12.8 Å². The van der Waals surface area contributed by atoms with Gasteiger partial charge in [-0.15, -0.1) is 5.10 Å². The summed E-state index contributed by atoms with van der Waals surface area (Å²) in [5.74, 6) is -0.0538. The summed E-state index contributed by atoms with van der Waals surface area (Å²) >= 11 is 0. The SMILES string of the molecule is O=C(Cn1cc(CO)nn1)NC1CC1. The Balaban J connectivity index is 1.85. The second-order valence-electron chi connectivity index (χ2n) is 3.41. The van der Waals surface area contributed by atoms with Crippen LogP contribution in [0, 0.1) is 0 Å². The molecule has 2 rings (SSSR count). The summed E-state index contributed by atoms with van der Waals surface area (Å²) in [6.07, 6.45) is 3.71. The van der Waals surface area contributed by atoms with Gasteiger partial charge in [-0.3, -0.25) is 4.79 Å². The standard InChI is InChI=1S/C8H12N4O2/c13-5-7-3-12(11-10-7)4-8(14)9-6-1-2-6/h3,6,13H,1-2,4-5H2,(H,9,14). The van der Waals surface area contributed by atoms with E-state index in [9.17, 15) is 4.79 Å². The van der Waals surface area contributed by atoms with Gasteiger partial charge in [0.05, 0.1) is 12.8 Å². The predicted octanol–water partition coefficient (Wildman–Crippen LogP) is -0.951. The average molecular weight is 196 g/mol. The molecule has 1 aromatic rings. The Hall–Kier alpha value is -1.43. The first-order valence-electron chi connectivity index (χ1n) is 4.57. The number of nitrogens with one attached hydrogen (secondary N) is 1. The van der Waals surface area contributed by atoms with Crippen molar-refractivity contribution in [3.63, 3.8) is 0 Å². The molecule has 1 saturated carbocycles. The Morgan fingerprint density at radius 2 is 2.50 bits per heavy atom. The molecule has 0 radical (unpaired) electrons. The quantitative estimate of drug-likeness (QED) is 0.650. The van der Waals surface area contributed by atoms with Gasteiger partial charge in [0.2, 0.25) is 5.91 Å². The normalized spacial score (nSPS) is 15.5. The van der Waals surface area contributed by atoms with Crippen LogP contribution in [0.4, 0.5) is 0 Å². The lowest BCUT2D eigenvalue weighted by Gasteiger charge is -2.01. The number of carbonyl (C=O) groups excluding carboxylic acids is 1. The summed E-state index contributed by atoms with van der Waals surface area (Å²) in [7, 11) is 0. The minimum Gasteiger partial charge on any atom is -0.390 e. The highest BCUT2D eigenvalue weighted by Crippen LogP contribution is 2.18. The molecular weight excluding hydrogens is 184 g/mol. The molecule has 0 saturated heterocycles. The van der Waals surface area contributed by atoms with Gasteiger partial charge in [-0.25, -0.2) is 4.68 Å². The topological polar surface area (TPSA) is 80.0 Å². The maximum atomic E-state index is 11.3. The van der Waals surface area contributed by atoms with E-state index in [1.165, 1.54) is 4.68 Å². The molecule has 0 aliphatic heterocycles. The van der Waals surface area contributed by atoms with Crippen LogP contribution < -0.4 is 5.32 Å². The van der Waals surface area contributed by atoms with E-state index in [2.05, 4.69) is 15.6 Å². The Kier molecular flexibility index (Phi) is 2.45. The highest BCUT2D eigenvalue weighted by Gasteiger charge is 2.23. The molecule has 0 unspecified atom stereocenters. The molecule has 1 aliphatic rings. The number of aliphatic hydroxyl groups excluding tert-OH is 1. The fraction of sp³-hybridized carbons (Fsp3) is 0.625. The lowest BCUT2D eigenvalue weighted by molar-refractivity contribution is -0.122. The second kappa shape index (κ2) is 3.75. The number of amides is 1. The van der Waals surface area contributed by atoms with Gasteiger partial charge in [0.25, 0.3) is 0 Å². The van der Waals surface area contributed by atoms with Crippen molar-refractivity contribution in [1.82, 2.24) is 20.3 Å². The van der Waals surface area contributed by atoms with Crippen molar-refractivity contribution < 1.29 is 9.90 Å². The molecule has 0 aromatic carbocycles. The monoisotopic (exact) mass is 196 g/mol. The third-order valence-corrected chi connectivity index (χ3v) is 2.00. The Bertz CT molecular complexity index is 332. The number of nitrogens with zero attached hydrogens (tertiary/aromatic N) is 3. The third kappa shape index (κ3) is 2.29. The van der Waals surface area contributed by atoms with Crippen molar-refractivity contribution in [2.24, 2.45) is 0 Å². The first kappa shape index (κ1) is 9.14. The summed E-state index contributed by atoms with van der Waals surface area (Å²) in [6, 6.07) is 0.364. The van der Waals surface area contributed by atoms with Gasteiger partial charge in [0, 0.05) is 6.04 Å². The Morgan fingerprint density at radius 1 is 1.71 bits per heavy atom. The Morgan fingerprint density at radius 3 is 3.07 bits per heavy atom. The van der Waals surface area contributed by atoms with Crippen LogP contribution in [0.5, 0.6) is 0 Å². The fourth-order valence-electron chi connectivity index (χ4n) is 1.14. The van der Waals surface area contributed by atoms with Crippen LogP contribution in [-0.4, -0.2) is 32.0 Å². The van der Waals surface area contributed by atoms with Gasteiger partial charge in [-0.1, -0.05) is 5.21 Å². The van der Waals surface area contributed by atoms with Crippen molar-refractivity contribution >= 4 is 5.91 Å². The molecule has 0 spiro atoms. The lowest BCUT2D eigenvalue weighted by atomic mass is 10.5. The molecule has 2 N–H and O–H groups in total. The van der Waals surface area contributed by atoms with Gasteiger partial charge in [0.15, 0.2) is 0 Å². The van der Waals surface area contributed by atoms with Gasteiger partial charge in [-0.2, -0.15) is 0 Å². The molecule has 6 heteroatoms. The summed E-state index contributed by atoms with van der Waals surface area (Å²) in [6.45, 7) is 0.0216. The van der Waals surface area contributed by atoms with Crippen molar-refractivity contribution in [2.75, 3.05) is 0 Å². The summed E-state index contributed by atoms with van der Waals surface area (Å²) in [5, 5.41) is 18.9. The zero-order chi connectivity index (χ0) is 9.97. The van der Waals surface area contributed by atoms with E-state index >= 15 is 0 Å². The third-order valence-electron chi connectivity index (χ3n) is 2.00. The van der Waals surface area contributed by atoms with Crippen molar-refractivity contribution in [3.05, 3.63) is 11.9 Å². The van der Waals surface area contributed by atoms with E-state index in [-0.39, 0.29) is 19.1 Å². The largest absolute Gasteiger partial charge is 0.390 e.